The quantitative estimate of drug-likeness (QED) is 0.606. The fraction of sp³-hybridized carbons (Fsp3) is 0.118. The second-order valence-corrected chi connectivity index (χ2v) is 6.37. The van der Waals surface area contributed by atoms with E-state index in [1.807, 2.05) is 0 Å². The first-order valence-electron chi connectivity index (χ1n) is 7.53. The largest absolute Gasteiger partial charge is 0.467 e. The first kappa shape index (κ1) is 16.4. The average molecular weight is 419 g/mol. The molecule has 0 bridgehead atoms. The van der Waals surface area contributed by atoms with Crippen molar-refractivity contribution in [2.45, 2.75) is 6.54 Å². The van der Waals surface area contributed by atoms with Crippen LogP contribution in [0.15, 0.2) is 45.0 Å². The van der Waals surface area contributed by atoms with E-state index < -0.39 is 17.8 Å². The molecule has 0 saturated carbocycles. The summed E-state index contributed by atoms with van der Waals surface area (Å²) in [7, 11) is 0. The Morgan fingerprint density at radius 2 is 1.96 bits per heavy atom. The van der Waals surface area contributed by atoms with E-state index in [1.165, 1.54) is 12.3 Å². The standard InChI is InChI=1S/C17H11BrN2O6/c18-12-6-14-13(25-8-26-14)5-9(12)4-11-15(21)19-17(23)20(16(11)22)7-10-2-1-3-24-10/h1-6H,7-8H2,(H,19,21,23)/b11-4-. The van der Waals surface area contributed by atoms with Gasteiger partial charge in [-0.1, -0.05) is 15.9 Å². The molecule has 0 unspecified atom stereocenters. The summed E-state index contributed by atoms with van der Waals surface area (Å²) in [6.07, 6.45) is 2.83. The van der Waals surface area contributed by atoms with Crippen molar-refractivity contribution in [3.8, 4) is 11.5 Å². The van der Waals surface area contributed by atoms with Gasteiger partial charge in [0.05, 0.1) is 12.8 Å². The summed E-state index contributed by atoms with van der Waals surface area (Å²) in [5.74, 6) is 0.0201. The van der Waals surface area contributed by atoms with Crippen LogP contribution in [0.5, 0.6) is 11.5 Å². The normalized spacial score (nSPS) is 17.8. The molecule has 1 saturated heterocycles. The summed E-state index contributed by atoms with van der Waals surface area (Å²) in [6, 6.07) is 5.82. The Hall–Kier alpha value is -3.07. The van der Waals surface area contributed by atoms with Gasteiger partial charge in [0.25, 0.3) is 11.8 Å². The maximum atomic E-state index is 12.7. The van der Waals surface area contributed by atoms with Gasteiger partial charge in [0.1, 0.15) is 11.3 Å². The predicted molar refractivity (Wildman–Crippen MR) is 91.0 cm³/mol. The molecule has 2 aromatic rings. The monoisotopic (exact) mass is 418 g/mol. The minimum absolute atomic E-state index is 0.0788. The third-order valence-corrected chi connectivity index (χ3v) is 4.56. The highest BCUT2D eigenvalue weighted by Crippen LogP contribution is 2.38. The van der Waals surface area contributed by atoms with Gasteiger partial charge in [-0.25, -0.2) is 4.79 Å². The van der Waals surface area contributed by atoms with Gasteiger partial charge in [-0.2, -0.15) is 0 Å². The molecule has 0 radical (unpaired) electrons. The first-order valence-corrected chi connectivity index (χ1v) is 8.32. The lowest BCUT2D eigenvalue weighted by Gasteiger charge is -2.25. The predicted octanol–water partition coefficient (Wildman–Crippen LogP) is 2.43. The van der Waals surface area contributed by atoms with Crippen LogP contribution in [0.1, 0.15) is 11.3 Å². The van der Waals surface area contributed by atoms with Gasteiger partial charge in [0, 0.05) is 4.47 Å². The number of halogens is 1. The van der Waals surface area contributed by atoms with E-state index in [0.29, 0.717) is 27.3 Å². The number of urea groups is 1. The van der Waals surface area contributed by atoms with Crippen LogP contribution in [0.4, 0.5) is 4.79 Å². The molecule has 132 valence electrons. The third-order valence-electron chi connectivity index (χ3n) is 3.87. The zero-order valence-corrected chi connectivity index (χ0v) is 14.7. The molecule has 1 aromatic carbocycles. The Morgan fingerprint density at radius 1 is 1.19 bits per heavy atom. The van der Waals surface area contributed by atoms with Gasteiger partial charge >= 0.3 is 6.03 Å². The highest BCUT2D eigenvalue weighted by atomic mass is 79.9. The molecule has 0 atom stereocenters. The molecule has 1 N–H and O–H groups in total. The number of nitrogens with one attached hydrogen (secondary N) is 1. The van der Waals surface area contributed by atoms with Crippen LogP contribution in [0.3, 0.4) is 0 Å². The minimum Gasteiger partial charge on any atom is -0.467 e. The van der Waals surface area contributed by atoms with Crippen LogP contribution >= 0.6 is 15.9 Å². The topological polar surface area (TPSA) is 98.1 Å². The zero-order chi connectivity index (χ0) is 18.3. The van der Waals surface area contributed by atoms with E-state index in [9.17, 15) is 14.4 Å². The molecule has 2 aliphatic heterocycles. The first-order chi connectivity index (χ1) is 12.5. The molecule has 0 spiro atoms. The molecule has 9 heteroatoms. The van der Waals surface area contributed by atoms with E-state index in [-0.39, 0.29) is 18.9 Å². The van der Waals surface area contributed by atoms with Crippen LogP contribution in [0, 0.1) is 0 Å². The number of hydrogen-bond acceptors (Lipinski definition) is 6. The minimum atomic E-state index is -0.793. The number of hydrogen-bond donors (Lipinski definition) is 1. The highest BCUT2D eigenvalue weighted by Gasteiger charge is 2.36. The maximum Gasteiger partial charge on any atom is 0.331 e. The molecular weight excluding hydrogens is 408 g/mol. The molecule has 1 aromatic heterocycles. The fourth-order valence-corrected chi connectivity index (χ4v) is 3.03. The number of barbiturate groups is 1. The van der Waals surface area contributed by atoms with Crippen molar-refractivity contribution in [1.82, 2.24) is 10.2 Å². The van der Waals surface area contributed by atoms with E-state index in [0.717, 1.165) is 4.90 Å². The lowest BCUT2D eigenvalue weighted by molar-refractivity contribution is -0.130. The van der Waals surface area contributed by atoms with Crippen molar-refractivity contribution in [2.24, 2.45) is 0 Å². The second-order valence-electron chi connectivity index (χ2n) is 5.51. The third kappa shape index (κ3) is 2.86. The Bertz CT molecular complexity index is 950. The van der Waals surface area contributed by atoms with Crippen molar-refractivity contribution in [2.75, 3.05) is 6.79 Å². The van der Waals surface area contributed by atoms with E-state index in [1.54, 1.807) is 24.3 Å². The number of carbonyl (C=O) groups is 3. The molecule has 26 heavy (non-hydrogen) atoms. The van der Waals surface area contributed by atoms with E-state index in [4.69, 9.17) is 13.9 Å². The number of rotatable bonds is 3. The molecule has 2 aliphatic rings. The number of furan rings is 1. The summed E-state index contributed by atoms with van der Waals surface area (Å²) in [5.41, 5.74) is 0.371. The van der Waals surface area contributed by atoms with Crippen LogP contribution in [-0.4, -0.2) is 29.5 Å². The number of nitrogens with zero attached hydrogens (tertiary/aromatic N) is 1. The number of carbonyl (C=O) groups excluding carboxylic acids is 3. The van der Waals surface area contributed by atoms with Crippen LogP contribution in [0.2, 0.25) is 0 Å². The van der Waals surface area contributed by atoms with Gasteiger partial charge in [-0.15, -0.1) is 0 Å². The second kappa shape index (κ2) is 6.34. The number of fused-ring (bicyclic) bond motifs is 1. The molecule has 3 heterocycles. The molecule has 8 nitrogen and oxygen atoms in total. The summed E-state index contributed by atoms with van der Waals surface area (Å²) >= 11 is 3.37. The molecule has 0 aliphatic carbocycles. The molecule has 4 amide bonds. The van der Waals surface area contributed by atoms with Crippen molar-refractivity contribution in [3.63, 3.8) is 0 Å². The number of imide groups is 2. The molecule has 1 fully saturated rings. The number of ether oxygens (including phenoxy) is 2. The Balaban J connectivity index is 1.68. The SMILES string of the molecule is O=C1NC(=O)N(Cc2ccco2)C(=O)/C1=C\c1cc2c(cc1Br)OCO2. The average Bonchev–Trinajstić information content (AvgIpc) is 3.26. The van der Waals surface area contributed by atoms with Crippen molar-refractivity contribution in [3.05, 3.63) is 51.9 Å². The van der Waals surface area contributed by atoms with Crippen LogP contribution < -0.4 is 14.8 Å². The van der Waals surface area contributed by atoms with E-state index >= 15 is 0 Å². The molecule has 4 rings (SSSR count). The fourth-order valence-electron chi connectivity index (χ4n) is 2.59. The summed E-state index contributed by atoms with van der Waals surface area (Å²) in [6.45, 7) is 0.0250. The zero-order valence-electron chi connectivity index (χ0n) is 13.2. The smallest absolute Gasteiger partial charge is 0.331 e. The number of amides is 4. The van der Waals surface area contributed by atoms with Crippen molar-refractivity contribution in [1.29, 1.82) is 0 Å². The van der Waals surface area contributed by atoms with Gasteiger partial charge in [-0.05, 0) is 35.9 Å². The summed E-state index contributed by atoms with van der Waals surface area (Å²) in [4.78, 5) is 37.8. The highest BCUT2D eigenvalue weighted by molar-refractivity contribution is 9.10. The van der Waals surface area contributed by atoms with Crippen LogP contribution in [0.25, 0.3) is 6.08 Å². The summed E-state index contributed by atoms with van der Waals surface area (Å²) in [5, 5.41) is 2.16. The van der Waals surface area contributed by atoms with Crippen molar-refractivity contribution < 1.29 is 28.3 Å². The number of benzene rings is 1. The lowest BCUT2D eigenvalue weighted by atomic mass is 10.1. The van der Waals surface area contributed by atoms with Crippen molar-refractivity contribution >= 4 is 39.9 Å². The van der Waals surface area contributed by atoms with E-state index in [2.05, 4.69) is 21.2 Å². The maximum absolute atomic E-state index is 12.7. The van der Waals surface area contributed by atoms with Crippen LogP contribution in [-0.2, 0) is 16.1 Å². The Labute approximate surface area is 155 Å². The van der Waals surface area contributed by atoms with Gasteiger partial charge in [-0.3, -0.25) is 19.8 Å². The van der Waals surface area contributed by atoms with Gasteiger partial charge in [0.2, 0.25) is 6.79 Å². The lowest BCUT2D eigenvalue weighted by Crippen LogP contribution is -2.53. The van der Waals surface area contributed by atoms with Gasteiger partial charge < -0.3 is 13.9 Å². The Kier molecular flexibility index (Phi) is 4.00. The Morgan fingerprint density at radius 3 is 2.69 bits per heavy atom. The molecular formula is C17H11BrN2O6. The summed E-state index contributed by atoms with van der Waals surface area (Å²) < 4.78 is 16.4. The van der Waals surface area contributed by atoms with Gasteiger partial charge in [0.15, 0.2) is 11.5 Å².